The third-order valence-corrected chi connectivity index (χ3v) is 2.73. The lowest BCUT2D eigenvalue weighted by Gasteiger charge is -2.17. The number of hydrogen-bond acceptors (Lipinski definition) is 3. The van der Waals surface area contributed by atoms with E-state index in [0.29, 0.717) is 17.5 Å². The molecule has 0 aliphatic carbocycles. The Morgan fingerprint density at radius 2 is 1.94 bits per heavy atom. The standard InChI is InChI=1S/C12H16ClNO3/c1-14-12(17)9-4-2-8(3-5-9)11(16)10(15)6-7-13/h2-5,10-11,15-16H,6-7H2,1H3,(H,14,17). The average molecular weight is 258 g/mol. The Labute approximate surface area is 105 Å². The minimum absolute atomic E-state index is 0.188. The first-order chi connectivity index (χ1) is 8.10. The smallest absolute Gasteiger partial charge is 0.251 e. The molecule has 0 heterocycles. The molecule has 1 aromatic carbocycles. The molecule has 17 heavy (non-hydrogen) atoms. The van der Waals surface area contributed by atoms with Gasteiger partial charge in [0.2, 0.25) is 0 Å². The highest BCUT2D eigenvalue weighted by molar-refractivity contribution is 6.17. The molecule has 5 heteroatoms. The first-order valence-corrected chi connectivity index (χ1v) is 5.87. The quantitative estimate of drug-likeness (QED) is 0.691. The van der Waals surface area contributed by atoms with Crippen molar-refractivity contribution in [3.05, 3.63) is 35.4 Å². The molecule has 0 radical (unpaired) electrons. The molecular weight excluding hydrogens is 242 g/mol. The molecule has 2 unspecified atom stereocenters. The Bertz CT molecular complexity index is 367. The van der Waals surface area contributed by atoms with E-state index in [1.165, 1.54) is 0 Å². The van der Waals surface area contributed by atoms with E-state index in [2.05, 4.69) is 5.32 Å². The summed E-state index contributed by atoms with van der Waals surface area (Å²) < 4.78 is 0. The van der Waals surface area contributed by atoms with Crippen LogP contribution in [0.4, 0.5) is 0 Å². The van der Waals surface area contributed by atoms with Gasteiger partial charge in [0.15, 0.2) is 0 Å². The second-order valence-corrected chi connectivity index (χ2v) is 4.07. The molecule has 1 aromatic rings. The molecule has 0 saturated heterocycles. The first kappa shape index (κ1) is 14.0. The molecule has 0 aliphatic rings. The molecule has 3 N–H and O–H groups in total. The number of carbonyl (C=O) groups excluding carboxylic acids is 1. The number of carbonyl (C=O) groups is 1. The summed E-state index contributed by atoms with van der Waals surface area (Å²) in [6.07, 6.45) is -1.55. The van der Waals surface area contributed by atoms with Crippen molar-refractivity contribution in [1.82, 2.24) is 5.32 Å². The Hall–Kier alpha value is -1.10. The monoisotopic (exact) mass is 257 g/mol. The maximum Gasteiger partial charge on any atom is 0.251 e. The van der Waals surface area contributed by atoms with Gasteiger partial charge in [-0.15, -0.1) is 11.6 Å². The maximum atomic E-state index is 11.3. The topological polar surface area (TPSA) is 69.6 Å². The van der Waals surface area contributed by atoms with Crippen LogP contribution in [-0.4, -0.2) is 35.2 Å². The van der Waals surface area contributed by atoms with E-state index in [0.717, 1.165) is 0 Å². The van der Waals surface area contributed by atoms with E-state index in [9.17, 15) is 15.0 Å². The molecule has 0 saturated carbocycles. The second-order valence-electron chi connectivity index (χ2n) is 3.69. The van der Waals surface area contributed by atoms with Gasteiger partial charge in [-0.2, -0.15) is 0 Å². The fourth-order valence-corrected chi connectivity index (χ4v) is 1.69. The van der Waals surface area contributed by atoms with E-state index in [1.54, 1.807) is 31.3 Å². The van der Waals surface area contributed by atoms with E-state index in [4.69, 9.17) is 11.6 Å². The summed E-state index contributed by atoms with van der Waals surface area (Å²) in [4.78, 5) is 11.3. The minimum atomic E-state index is -0.979. The van der Waals surface area contributed by atoms with Gasteiger partial charge >= 0.3 is 0 Å². The Balaban J connectivity index is 2.76. The number of hydrogen-bond donors (Lipinski definition) is 3. The van der Waals surface area contributed by atoms with Gasteiger partial charge in [0.05, 0.1) is 6.10 Å². The van der Waals surface area contributed by atoms with Crippen molar-refractivity contribution in [1.29, 1.82) is 0 Å². The Morgan fingerprint density at radius 1 is 1.35 bits per heavy atom. The van der Waals surface area contributed by atoms with Gasteiger partial charge in [0.25, 0.3) is 5.91 Å². The van der Waals surface area contributed by atoms with Gasteiger partial charge in [-0.05, 0) is 24.1 Å². The zero-order valence-corrected chi connectivity index (χ0v) is 10.3. The van der Waals surface area contributed by atoms with Crippen molar-refractivity contribution in [2.24, 2.45) is 0 Å². The fourth-order valence-electron chi connectivity index (χ4n) is 1.47. The van der Waals surface area contributed by atoms with Crippen LogP contribution in [0.15, 0.2) is 24.3 Å². The minimum Gasteiger partial charge on any atom is -0.390 e. The SMILES string of the molecule is CNC(=O)c1ccc(C(O)C(O)CCCl)cc1. The van der Waals surface area contributed by atoms with Crippen LogP contribution in [-0.2, 0) is 0 Å². The molecule has 0 fully saturated rings. The van der Waals surface area contributed by atoms with Crippen molar-refractivity contribution in [2.45, 2.75) is 18.6 Å². The fraction of sp³-hybridized carbons (Fsp3) is 0.417. The van der Waals surface area contributed by atoms with Gasteiger partial charge in [-0.25, -0.2) is 0 Å². The Morgan fingerprint density at radius 3 is 2.41 bits per heavy atom. The van der Waals surface area contributed by atoms with Crippen LogP contribution in [0.25, 0.3) is 0 Å². The van der Waals surface area contributed by atoms with Crippen LogP contribution in [0, 0.1) is 0 Å². The van der Waals surface area contributed by atoms with Crippen LogP contribution < -0.4 is 5.32 Å². The lowest BCUT2D eigenvalue weighted by molar-refractivity contribution is 0.0170. The van der Waals surface area contributed by atoms with Crippen LogP contribution in [0.5, 0.6) is 0 Å². The average Bonchev–Trinajstić information content (AvgIpc) is 2.37. The largest absolute Gasteiger partial charge is 0.390 e. The molecule has 0 aliphatic heterocycles. The predicted octanol–water partition coefficient (Wildman–Crippen LogP) is 1.07. The van der Waals surface area contributed by atoms with Gasteiger partial charge < -0.3 is 15.5 Å². The molecular formula is C12H16ClNO3. The zero-order valence-electron chi connectivity index (χ0n) is 9.56. The summed E-state index contributed by atoms with van der Waals surface area (Å²) in [5, 5.41) is 21.9. The number of benzene rings is 1. The number of halogens is 1. The van der Waals surface area contributed by atoms with Gasteiger partial charge in [0.1, 0.15) is 6.10 Å². The highest BCUT2D eigenvalue weighted by Gasteiger charge is 2.17. The molecule has 0 bridgehead atoms. The number of alkyl halides is 1. The molecule has 1 rings (SSSR count). The highest BCUT2D eigenvalue weighted by Crippen LogP contribution is 2.19. The predicted molar refractivity (Wildman–Crippen MR) is 66.1 cm³/mol. The first-order valence-electron chi connectivity index (χ1n) is 5.34. The van der Waals surface area contributed by atoms with Crippen LogP contribution >= 0.6 is 11.6 Å². The summed E-state index contributed by atoms with van der Waals surface area (Å²) >= 11 is 5.49. The number of amides is 1. The summed E-state index contributed by atoms with van der Waals surface area (Å²) in [5.74, 6) is 0.0986. The molecule has 94 valence electrons. The Kier molecular flexibility index (Phi) is 5.41. The van der Waals surface area contributed by atoms with Gasteiger partial charge in [0, 0.05) is 18.5 Å². The molecule has 0 spiro atoms. The summed E-state index contributed by atoms with van der Waals surface area (Å²) in [7, 11) is 1.55. The van der Waals surface area contributed by atoms with E-state index in [1.807, 2.05) is 0 Å². The van der Waals surface area contributed by atoms with Gasteiger partial charge in [-0.1, -0.05) is 12.1 Å². The van der Waals surface area contributed by atoms with Crippen molar-refractivity contribution in [3.63, 3.8) is 0 Å². The molecule has 0 aromatic heterocycles. The van der Waals surface area contributed by atoms with Crippen molar-refractivity contribution in [2.75, 3.05) is 12.9 Å². The maximum absolute atomic E-state index is 11.3. The number of rotatable bonds is 5. The van der Waals surface area contributed by atoms with Crippen LogP contribution in [0.2, 0.25) is 0 Å². The third kappa shape index (κ3) is 3.70. The van der Waals surface area contributed by atoms with E-state index in [-0.39, 0.29) is 11.8 Å². The third-order valence-electron chi connectivity index (χ3n) is 2.51. The van der Waals surface area contributed by atoms with Crippen LogP contribution in [0.1, 0.15) is 28.4 Å². The number of aliphatic hydroxyl groups is 2. The second kappa shape index (κ2) is 6.59. The number of aliphatic hydroxyl groups excluding tert-OH is 2. The van der Waals surface area contributed by atoms with Gasteiger partial charge in [-0.3, -0.25) is 4.79 Å². The summed E-state index contributed by atoms with van der Waals surface area (Å²) in [6.45, 7) is 0. The van der Waals surface area contributed by atoms with E-state index >= 15 is 0 Å². The van der Waals surface area contributed by atoms with Crippen molar-refractivity contribution in [3.8, 4) is 0 Å². The zero-order chi connectivity index (χ0) is 12.8. The normalized spacial score (nSPS) is 14.1. The summed E-state index contributed by atoms with van der Waals surface area (Å²) in [6, 6.07) is 6.44. The molecule has 1 amide bonds. The lowest BCUT2D eigenvalue weighted by atomic mass is 10.0. The van der Waals surface area contributed by atoms with E-state index < -0.39 is 12.2 Å². The summed E-state index contributed by atoms with van der Waals surface area (Å²) in [5.41, 5.74) is 1.07. The van der Waals surface area contributed by atoms with Crippen molar-refractivity contribution < 1.29 is 15.0 Å². The lowest BCUT2D eigenvalue weighted by Crippen LogP contribution is -2.20. The van der Waals surface area contributed by atoms with Crippen molar-refractivity contribution >= 4 is 17.5 Å². The van der Waals surface area contributed by atoms with Crippen LogP contribution in [0.3, 0.4) is 0 Å². The molecule has 4 nitrogen and oxygen atoms in total. The molecule has 2 atom stereocenters. The number of nitrogens with one attached hydrogen (secondary N) is 1. The highest BCUT2D eigenvalue weighted by atomic mass is 35.5.